The van der Waals surface area contributed by atoms with E-state index < -0.39 is 0 Å². The minimum absolute atomic E-state index is 0.287. The molecule has 2 nitrogen and oxygen atoms in total. The van der Waals surface area contributed by atoms with Gasteiger partial charge in [-0.1, -0.05) is 48.5 Å². The molecule has 94 valence electrons. The van der Waals surface area contributed by atoms with Gasteiger partial charge in [0.25, 0.3) is 0 Å². The van der Waals surface area contributed by atoms with Gasteiger partial charge in [-0.05, 0) is 30.5 Å². The van der Waals surface area contributed by atoms with E-state index in [9.17, 15) is 5.11 Å². The molecule has 1 heterocycles. The van der Waals surface area contributed by atoms with Crippen molar-refractivity contribution in [2.24, 2.45) is 0 Å². The van der Waals surface area contributed by atoms with Crippen LogP contribution < -0.4 is 0 Å². The lowest BCUT2D eigenvalue weighted by Gasteiger charge is -2.06. The standard InChI is InChI=1S/C17H15NO/c19-17-12-14-8-4-5-9-15(14)18-16(17)11-10-13-6-2-1-3-7-13/h1-9,12,19H,10-11H2. The summed E-state index contributed by atoms with van der Waals surface area (Å²) in [5.74, 6) is 0.287. The molecule has 0 amide bonds. The Hall–Kier alpha value is -2.35. The number of aromatic hydroxyl groups is 1. The Morgan fingerprint density at radius 3 is 2.42 bits per heavy atom. The largest absolute Gasteiger partial charge is 0.506 e. The summed E-state index contributed by atoms with van der Waals surface area (Å²) in [5, 5.41) is 11.0. The lowest BCUT2D eigenvalue weighted by atomic mass is 10.1. The second-order valence-electron chi connectivity index (χ2n) is 4.63. The maximum Gasteiger partial charge on any atom is 0.137 e. The van der Waals surface area contributed by atoms with Crippen LogP contribution in [-0.2, 0) is 12.8 Å². The molecule has 1 aromatic heterocycles. The fraction of sp³-hybridized carbons (Fsp3) is 0.118. The third-order valence-electron chi connectivity index (χ3n) is 3.27. The first-order chi connectivity index (χ1) is 9.33. The monoisotopic (exact) mass is 249 g/mol. The van der Waals surface area contributed by atoms with Crippen LogP contribution in [0.25, 0.3) is 10.9 Å². The predicted octanol–water partition coefficient (Wildman–Crippen LogP) is 3.73. The fourth-order valence-electron chi connectivity index (χ4n) is 2.24. The zero-order chi connectivity index (χ0) is 13.1. The lowest BCUT2D eigenvalue weighted by Crippen LogP contribution is -1.95. The van der Waals surface area contributed by atoms with Crippen LogP contribution in [0, 0.1) is 0 Å². The molecule has 0 spiro atoms. The molecule has 2 heteroatoms. The molecule has 3 aromatic rings. The van der Waals surface area contributed by atoms with Crippen molar-refractivity contribution >= 4 is 10.9 Å². The number of para-hydroxylation sites is 1. The summed E-state index contributed by atoms with van der Waals surface area (Å²) < 4.78 is 0. The molecule has 0 aliphatic carbocycles. The lowest BCUT2D eigenvalue weighted by molar-refractivity contribution is 0.465. The van der Waals surface area contributed by atoms with Crippen LogP contribution in [0.5, 0.6) is 5.75 Å². The second kappa shape index (κ2) is 5.11. The first-order valence-electron chi connectivity index (χ1n) is 6.44. The molecule has 0 radical (unpaired) electrons. The SMILES string of the molecule is Oc1cc2ccccc2nc1CCc1ccccc1. The average molecular weight is 249 g/mol. The predicted molar refractivity (Wildman–Crippen MR) is 77.3 cm³/mol. The van der Waals surface area contributed by atoms with Gasteiger partial charge in [-0.2, -0.15) is 0 Å². The minimum atomic E-state index is 0.287. The van der Waals surface area contributed by atoms with Gasteiger partial charge in [-0.25, -0.2) is 4.98 Å². The molecule has 0 aliphatic rings. The average Bonchev–Trinajstić information content (AvgIpc) is 2.46. The Morgan fingerprint density at radius 1 is 0.842 bits per heavy atom. The summed E-state index contributed by atoms with van der Waals surface area (Å²) in [4.78, 5) is 4.54. The van der Waals surface area contributed by atoms with E-state index in [4.69, 9.17) is 0 Å². The maximum absolute atomic E-state index is 10.0. The van der Waals surface area contributed by atoms with Gasteiger partial charge in [0.05, 0.1) is 11.2 Å². The van der Waals surface area contributed by atoms with E-state index in [2.05, 4.69) is 17.1 Å². The van der Waals surface area contributed by atoms with Crippen LogP contribution in [-0.4, -0.2) is 10.1 Å². The zero-order valence-electron chi connectivity index (χ0n) is 10.6. The minimum Gasteiger partial charge on any atom is -0.506 e. The van der Waals surface area contributed by atoms with Crippen LogP contribution in [0.3, 0.4) is 0 Å². The van der Waals surface area contributed by atoms with E-state index in [-0.39, 0.29) is 5.75 Å². The van der Waals surface area contributed by atoms with Gasteiger partial charge in [0.1, 0.15) is 5.75 Å². The molecule has 0 aliphatic heterocycles. The Labute approximate surface area is 112 Å². The van der Waals surface area contributed by atoms with Crippen molar-refractivity contribution in [2.45, 2.75) is 12.8 Å². The van der Waals surface area contributed by atoms with Crippen LogP contribution in [0.1, 0.15) is 11.3 Å². The van der Waals surface area contributed by atoms with E-state index in [0.717, 1.165) is 29.4 Å². The van der Waals surface area contributed by atoms with Gasteiger partial charge in [0.15, 0.2) is 0 Å². The molecule has 0 unspecified atom stereocenters. The summed E-state index contributed by atoms with van der Waals surface area (Å²) >= 11 is 0. The van der Waals surface area contributed by atoms with E-state index in [1.807, 2.05) is 42.5 Å². The van der Waals surface area contributed by atoms with Crippen LogP contribution in [0.4, 0.5) is 0 Å². The van der Waals surface area contributed by atoms with Gasteiger partial charge < -0.3 is 5.11 Å². The number of aromatic nitrogens is 1. The molecule has 3 rings (SSSR count). The quantitative estimate of drug-likeness (QED) is 0.767. The number of fused-ring (bicyclic) bond motifs is 1. The Morgan fingerprint density at radius 2 is 1.58 bits per heavy atom. The number of hydrogen-bond acceptors (Lipinski definition) is 2. The van der Waals surface area contributed by atoms with Crippen LogP contribution >= 0.6 is 0 Å². The van der Waals surface area contributed by atoms with Crippen LogP contribution in [0.15, 0.2) is 60.7 Å². The Balaban J connectivity index is 1.86. The molecule has 0 saturated carbocycles. The van der Waals surface area contributed by atoms with Crippen molar-refractivity contribution in [3.05, 3.63) is 71.9 Å². The van der Waals surface area contributed by atoms with E-state index in [1.165, 1.54) is 5.56 Å². The van der Waals surface area contributed by atoms with Crippen molar-refractivity contribution in [1.29, 1.82) is 0 Å². The van der Waals surface area contributed by atoms with Gasteiger partial charge in [0, 0.05) is 5.39 Å². The van der Waals surface area contributed by atoms with Gasteiger partial charge in [-0.15, -0.1) is 0 Å². The number of aryl methyl sites for hydroxylation is 2. The molecule has 0 atom stereocenters. The summed E-state index contributed by atoms with van der Waals surface area (Å²) in [6.07, 6.45) is 1.64. The highest BCUT2D eigenvalue weighted by molar-refractivity contribution is 5.80. The molecule has 0 bridgehead atoms. The van der Waals surface area contributed by atoms with Gasteiger partial charge >= 0.3 is 0 Å². The summed E-state index contributed by atoms with van der Waals surface area (Å²) in [7, 11) is 0. The highest BCUT2D eigenvalue weighted by atomic mass is 16.3. The Bertz CT molecular complexity index is 692. The second-order valence-corrected chi connectivity index (χ2v) is 4.63. The summed E-state index contributed by atoms with van der Waals surface area (Å²) in [6.45, 7) is 0. The van der Waals surface area contributed by atoms with Crippen molar-refractivity contribution in [2.75, 3.05) is 0 Å². The van der Waals surface area contributed by atoms with Crippen LogP contribution in [0.2, 0.25) is 0 Å². The highest BCUT2D eigenvalue weighted by Crippen LogP contribution is 2.22. The number of benzene rings is 2. The summed E-state index contributed by atoms with van der Waals surface area (Å²) in [5.41, 5.74) is 2.96. The summed E-state index contributed by atoms with van der Waals surface area (Å²) in [6, 6.07) is 19.9. The van der Waals surface area contributed by atoms with Crippen molar-refractivity contribution < 1.29 is 5.11 Å². The Kier molecular flexibility index (Phi) is 3.15. The fourth-order valence-corrected chi connectivity index (χ4v) is 2.24. The molecule has 19 heavy (non-hydrogen) atoms. The van der Waals surface area contributed by atoms with Gasteiger partial charge in [0.2, 0.25) is 0 Å². The normalized spacial score (nSPS) is 10.7. The highest BCUT2D eigenvalue weighted by Gasteiger charge is 2.05. The number of nitrogens with zero attached hydrogens (tertiary/aromatic N) is 1. The zero-order valence-corrected chi connectivity index (χ0v) is 10.6. The maximum atomic E-state index is 10.0. The molecule has 0 saturated heterocycles. The molecule has 1 N–H and O–H groups in total. The number of rotatable bonds is 3. The van der Waals surface area contributed by atoms with Gasteiger partial charge in [-0.3, -0.25) is 0 Å². The molecule has 2 aromatic carbocycles. The van der Waals surface area contributed by atoms with E-state index >= 15 is 0 Å². The molecular weight excluding hydrogens is 234 g/mol. The third kappa shape index (κ3) is 2.58. The van der Waals surface area contributed by atoms with Crippen molar-refractivity contribution in [3.8, 4) is 5.75 Å². The topological polar surface area (TPSA) is 33.1 Å². The number of pyridine rings is 1. The van der Waals surface area contributed by atoms with E-state index in [0.29, 0.717) is 0 Å². The number of hydrogen-bond donors (Lipinski definition) is 1. The first-order valence-corrected chi connectivity index (χ1v) is 6.44. The smallest absolute Gasteiger partial charge is 0.137 e. The van der Waals surface area contributed by atoms with E-state index in [1.54, 1.807) is 6.07 Å². The van der Waals surface area contributed by atoms with Crippen molar-refractivity contribution in [1.82, 2.24) is 4.98 Å². The molecular formula is C17H15NO. The molecule has 0 fully saturated rings. The first kappa shape index (κ1) is 11.7. The third-order valence-corrected chi connectivity index (χ3v) is 3.27. The van der Waals surface area contributed by atoms with Crippen molar-refractivity contribution in [3.63, 3.8) is 0 Å².